The average Bonchev–Trinajstić information content (AvgIpc) is 2.42. The molecule has 0 radical (unpaired) electrons. The molecule has 0 aliphatic heterocycles. The lowest BCUT2D eigenvalue weighted by Gasteiger charge is -2.10. The molecule has 0 saturated carbocycles. The van der Waals surface area contributed by atoms with E-state index in [1.54, 1.807) is 31.4 Å². The van der Waals surface area contributed by atoms with Gasteiger partial charge in [0.05, 0.1) is 11.3 Å². The van der Waals surface area contributed by atoms with Crippen molar-refractivity contribution in [3.63, 3.8) is 0 Å². The number of pyridine rings is 1. The van der Waals surface area contributed by atoms with Crippen LogP contribution in [-0.4, -0.2) is 17.9 Å². The van der Waals surface area contributed by atoms with E-state index < -0.39 is 11.7 Å². The topological polar surface area (TPSA) is 54.0 Å². The predicted molar refractivity (Wildman–Crippen MR) is 80.6 cm³/mol. The third-order valence-corrected chi connectivity index (χ3v) is 3.14. The molecule has 1 aromatic heterocycles. The van der Waals surface area contributed by atoms with Crippen molar-refractivity contribution in [2.45, 2.75) is 6.92 Å². The molecule has 1 aromatic carbocycles. The SMILES string of the molecule is CNc1ncc(Br)cc1C(=O)Nc1cc(C)ccc1F. The molecule has 0 fully saturated rings. The Balaban J connectivity index is 2.32. The van der Waals surface area contributed by atoms with Crippen LogP contribution in [-0.2, 0) is 0 Å². The van der Waals surface area contributed by atoms with Crippen molar-refractivity contribution in [3.05, 3.63) is 51.9 Å². The molecule has 0 bridgehead atoms. The first-order valence-electron chi connectivity index (χ1n) is 5.92. The van der Waals surface area contributed by atoms with Crippen LogP contribution < -0.4 is 10.6 Å². The lowest BCUT2D eigenvalue weighted by Crippen LogP contribution is -2.15. The van der Waals surface area contributed by atoms with E-state index in [2.05, 4.69) is 31.5 Å². The largest absolute Gasteiger partial charge is 0.372 e. The summed E-state index contributed by atoms with van der Waals surface area (Å²) in [6, 6.07) is 6.17. The summed E-state index contributed by atoms with van der Waals surface area (Å²) in [5.41, 5.74) is 1.35. The zero-order valence-electron chi connectivity index (χ0n) is 11.0. The van der Waals surface area contributed by atoms with Gasteiger partial charge in [-0.1, -0.05) is 6.07 Å². The first kappa shape index (κ1) is 14.5. The highest BCUT2D eigenvalue weighted by Gasteiger charge is 2.14. The van der Waals surface area contributed by atoms with Crippen molar-refractivity contribution >= 4 is 33.3 Å². The third-order valence-electron chi connectivity index (χ3n) is 2.71. The second-order valence-corrected chi connectivity index (χ2v) is 5.15. The number of benzene rings is 1. The number of nitrogens with zero attached hydrogens (tertiary/aromatic N) is 1. The maximum Gasteiger partial charge on any atom is 0.259 e. The van der Waals surface area contributed by atoms with Crippen LogP contribution in [0.1, 0.15) is 15.9 Å². The van der Waals surface area contributed by atoms with Crippen molar-refractivity contribution in [3.8, 4) is 0 Å². The Labute approximate surface area is 124 Å². The number of nitrogens with one attached hydrogen (secondary N) is 2. The fraction of sp³-hybridized carbons (Fsp3) is 0.143. The molecule has 0 atom stereocenters. The van der Waals surface area contributed by atoms with Gasteiger partial charge in [0.1, 0.15) is 11.6 Å². The maximum atomic E-state index is 13.7. The van der Waals surface area contributed by atoms with Gasteiger partial charge in [-0.15, -0.1) is 0 Å². The maximum absolute atomic E-state index is 13.7. The summed E-state index contributed by atoms with van der Waals surface area (Å²) in [5, 5.41) is 5.38. The number of rotatable bonds is 3. The Kier molecular flexibility index (Phi) is 4.34. The number of aryl methyl sites for hydroxylation is 1. The molecule has 20 heavy (non-hydrogen) atoms. The van der Waals surface area contributed by atoms with Gasteiger partial charge in [-0.25, -0.2) is 9.37 Å². The number of anilines is 2. The van der Waals surface area contributed by atoms with Crippen molar-refractivity contribution in [1.82, 2.24) is 4.98 Å². The zero-order chi connectivity index (χ0) is 14.7. The van der Waals surface area contributed by atoms with Gasteiger partial charge in [0, 0.05) is 17.7 Å². The summed E-state index contributed by atoms with van der Waals surface area (Å²) in [6.45, 7) is 1.83. The van der Waals surface area contributed by atoms with E-state index in [9.17, 15) is 9.18 Å². The normalized spacial score (nSPS) is 10.2. The van der Waals surface area contributed by atoms with Gasteiger partial charge >= 0.3 is 0 Å². The standard InChI is InChI=1S/C14H13BrFN3O/c1-8-3-4-11(16)12(5-8)19-14(20)10-6-9(15)7-18-13(10)17-2/h3-7H,1-2H3,(H,17,18)(H,19,20). The summed E-state index contributed by atoms with van der Waals surface area (Å²) >= 11 is 3.26. The van der Waals surface area contributed by atoms with Gasteiger partial charge in [0.2, 0.25) is 0 Å². The van der Waals surface area contributed by atoms with Crippen LogP contribution in [0.2, 0.25) is 0 Å². The van der Waals surface area contributed by atoms with E-state index in [1.807, 2.05) is 6.92 Å². The lowest BCUT2D eigenvalue weighted by molar-refractivity contribution is 0.102. The number of carbonyl (C=O) groups is 1. The van der Waals surface area contributed by atoms with E-state index in [0.29, 0.717) is 15.9 Å². The van der Waals surface area contributed by atoms with Crippen LogP contribution in [0.3, 0.4) is 0 Å². The smallest absolute Gasteiger partial charge is 0.259 e. The molecule has 6 heteroatoms. The number of carbonyl (C=O) groups excluding carboxylic acids is 1. The van der Waals surface area contributed by atoms with Gasteiger partial charge in [0.15, 0.2) is 0 Å². The molecule has 2 aromatic rings. The third kappa shape index (κ3) is 3.14. The van der Waals surface area contributed by atoms with E-state index in [0.717, 1.165) is 5.56 Å². The minimum atomic E-state index is -0.474. The Bertz CT molecular complexity index is 661. The molecular weight excluding hydrogens is 325 g/mol. The van der Waals surface area contributed by atoms with Crippen molar-refractivity contribution in [2.24, 2.45) is 0 Å². The number of hydrogen-bond donors (Lipinski definition) is 2. The molecule has 0 aliphatic carbocycles. The molecule has 4 nitrogen and oxygen atoms in total. The van der Waals surface area contributed by atoms with Gasteiger partial charge < -0.3 is 10.6 Å². The molecular formula is C14H13BrFN3O. The highest BCUT2D eigenvalue weighted by molar-refractivity contribution is 9.10. The fourth-order valence-electron chi connectivity index (χ4n) is 1.74. The summed E-state index contributed by atoms with van der Waals surface area (Å²) in [7, 11) is 1.67. The number of hydrogen-bond acceptors (Lipinski definition) is 3. The highest BCUT2D eigenvalue weighted by Crippen LogP contribution is 2.21. The minimum absolute atomic E-state index is 0.150. The van der Waals surface area contributed by atoms with Gasteiger partial charge in [0.25, 0.3) is 5.91 Å². The molecule has 0 spiro atoms. The molecule has 1 heterocycles. The zero-order valence-corrected chi connectivity index (χ0v) is 12.6. The van der Waals surface area contributed by atoms with Crippen molar-refractivity contribution in [1.29, 1.82) is 0 Å². The highest BCUT2D eigenvalue weighted by atomic mass is 79.9. The van der Waals surface area contributed by atoms with Crippen molar-refractivity contribution < 1.29 is 9.18 Å². The molecule has 1 amide bonds. The van der Waals surface area contributed by atoms with Crippen LogP contribution in [0.5, 0.6) is 0 Å². The second-order valence-electron chi connectivity index (χ2n) is 4.24. The van der Waals surface area contributed by atoms with Crippen molar-refractivity contribution in [2.75, 3.05) is 17.7 Å². The molecule has 104 valence electrons. The second kappa shape index (κ2) is 6.00. The fourth-order valence-corrected chi connectivity index (χ4v) is 2.07. The molecule has 0 aliphatic rings. The average molecular weight is 338 g/mol. The Morgan fingerprint density at radius 2 is 2.10 bits per heavy atom. The van der Waals surface area contributed by atoms with Crippen LogP contribution in [0.4, 0.5) is 15.9 Å². The van der Waals surface area contributed by atoms with Crippen LogP contribution in [0.25, 0.3) is 0 Å². The predicted octanol–water partition coefficient (Wildman–Crippen LogP) is 3.59. The van der Waals surface area contributed by atoms with E-state index >= 15 is 0 Å². The quantitative estimate of drug-likeness (QED) is 0.899. The Morgan fingerprint density at radius 1 is 1.35 bits per heavy atom. The molecule has 2 N–H and O–H groups in total. The monoisotopic (exact) mass is 337 g/mol. The molecule has 2 rings (SSSR count). The molecule has 0 saturated heterocycles. The number of halogens is 2. The summed E-state index contributed by atoms with van der Waals surface area (Å²) in [5.74, 6) is -0.468. The van der Waals surface area contributed by atoms with Crippen LogP contribution in [0, 0.1) is 12.7 Å². The summed E-state index contributed by atoms with van der Waals surface area (Å²) in [6.07, 6.45) is 1.58. The minimum Gasteiger partial charge on any atom is -0.372 e. The number of amides is 1. The van der Waals surface area contributed by atoms with E-state index in [1.165, 1.54) is 6.07 Å². The van der Waals surface area contributed by atoms with Gasteiger partial charge in [-0.2, -0.15) is 0 Å². The Hall–Kier alpha value is -1.95. The van der Waals surface area contributed by atoms with Crippen LogP contribution >= 0.6 is 15.9 Å². The van der Waals surface area contributed by atoms with Crippen LogP contribution in [0.15, 0.2) is 34.9 Å². The number of aromatic nitrogens is 1. The summed E-state index contributed by atoms with van der Waals surface area (Å²) in [4.78, 5) is 16.3. The lowest BCUT2D eigenvalue weighted by atomic mass is 10.2. The van der Waals surface area contributed by atoms with E-state index in [4.69, 9.17) is 0 Å². The van der Waals surface area contributed by atoms with E-state index in [-0.39, 0.29) is 5.69 Å². The van der Waals surface area contributed by atoms with Gasteiger partial charge in [-0.3, -0.25) is 4.79 Å². The first-order valence-corrected chi connectivity index (χ1v) is 6.71. The first-order chi connectivity index (χ1) is 9.51. The molecule has 0 unspecified atom stereocenters. The Morgan fingerprint density at radius 3 is 2.80 bits per heavy atom. The van der Waals surface area contributed by atoms with Gasteiger partial charge in [-0.05, 0) is 46.6 Å². The summed E-state index contributed by atoms with van der Waals surface area (Å²) < 4.78 is 14.3.